The van der Waals surface area contributed by atoms with Crippen molar-refractivity contribution in [3.63, 3.8) is 0 Å². The maximum Gasteiger partial charge on any atom is 0.339 e. The Morgan fingerprint density at radius 3 is 2.53 bits per heavy atom. The van der Waals surface area contributed by atoms with Crippen molar-refractivity contribution in [2.45, 2.75) is 53.9 Å². The number of carbonyl (C=O) groups excluding carboxylic acids is 1. The molecule has 2 aromatic rings. The Labute approximate surface area is 183 Å². The van der Waals surface area contributed by atoms with Gasteiger partial charge >= 0.3 is 11.6 Å². The van der Waals surface area contributed by atoms with Crippen molar-refractivity contribution in [3.05, 3.63) is 40.2 Å². The summed E-state index contributed by atoms with van der Waals surface area (Å²) in [6.07, 6.45) is 2.55. The maximum absolute atomic E-state index is 12.2. The highest BCUT2D eigenvalue weighted by molar-refractivity contribution is 7.99. The SMILES string of the molecule is Cc1ccc2c(OCCCSCCCOC(=O)C(C)(C)CC(C)C)cc(=O)oc2c1. The quantitative estimate of drug-likeness (QED) is 0.246. The highest BCUT2D eigenvalue weighted by atomic mass is 32.2. The minimum atomic E-state index is -0.420. The molecule has 1 aromatic heterocycles. The number of fused-ring (bicyclic) bond motifs is 1. The molecule has 1 heterocycles. The summed E-state index contributed by atoms with van der Waals surface area (Å²) in [5.74, 6) is 2.82. The van der Waals surface area contributed by atoms with Crippen LogP contribution in [0, 0.1) is 18.3 Å². The first-order chi connectivity index (χ1) is 14.2. The van der Waals surface area contributed by atoms with E-state index < -0.39 is 11.0 Å². The molecule has 0 saturated heterocycles. The summed E-state index contributed by atoms with van der Waals surface area (Å²) in [4.78, 5) is 23.9. The van der Waals surface area contributed by atoms with Crippen LogP contribution in [0.25, 0.3) is 11.0 Å². The molecule has 0 saturated carbocycles. The summed E-state index contributed by atoms with van der Waals surface area (Å²) in [5, 5.41) is 0.815. The molecule has 0 atom stereocenters. The fourth-order valence-corrected chi connectivity index (χ4v) is 4.28. The van der Waals surface area contributed by atoms with E-state index in [1.807, 2.05) is 50.7 Å². The topological polar surface area (TPSA) is 65.7 Å². The van der Waals surface area contributed by atoms with Gasteiger partial charge in [-0.25, -0.2) is 4.79 Å². The summed E-state index contributed by atoms with van der Waals surface area (Å²) in [7, 11) is 0. The number of hydrogen-bond donors (Lipinski definition) is 0. The van der Waals surface area contributed by atoms with Crippen molar-refractivity contribution in [2.75, 3.05) is 24.7 Å². The summed E-state index contributed by atoms with van der Waals surface area (Å²) < 4.78 is 16.5. The molecule has 2 rings (SSSR count). The van der Waals surface area contributed by atoms with E-state index in [1.54, 1.807) is 0 Å². The van der Waals surface area contributed by atoms with Gasteiger partial charge in [0.1, 0.15) is 11.3 Å². The van der Waals surface area contributed by atoms with Gasteiger partial charge in [-0.05, 0) is 75.2 Å². The van der Waals surface area contributed by atoms with E-state index in [9.17, 15) is 9.59 Å². The van der Waals surface area contributed by atoms with Crippen molar-refractivity contribution >= 4 is 28.7 Å². The Hall–Kier alpha value is -1.95. The number of rotatable bonds is 12. The fraction of sp³-hybridized carbons (Fsp3) is 0.583. The lowest BCUT2D eigenvalue weighted by atomic mass is 9.84. The lowest BCUT2D eigenvalue weighted by Gasteiger charge is -2.24. The number of benzene rings is 1. The Morgan fingerprint density at radius 1 is 1.13 bits per heavy atom. The van der Waals surface area contributed by atoms with Crippen LogP contribution in [-0.4, -0.2) is 30.7 Å². The second-order valence-electron chi connectivity index (χ2n) is 8.72. The predicted molar refractivity (Wildman–Crippen MR) is 123 cm³/mol. The third kappa shape index (κ3) is 7.71. The molecule has 0 aliphatic carbocycles. The lowest BCUT2D eigenvalue weighted by molar-refractivity contribution is -0.154. The van der Waals surface area contributed by atoms with E-state index in [-0.39, 0.29) is 5.97 Å². The van der Waals surface area contributed by atoms with Crippen LogP contribution in [-0.2, 0) is 9.53 Å². The lowest BCUT2D eigenvalue weighted by Crippen LogP contribution is -2.28. The monoisotopic (exact) mass is 434 g/mol. The maximum atomic E-state index is 12.2. The van der Waals surface area contributed by atoms with Crippen LogP contribution in [0.3, 0.4) is 0 Å². The molecule has 0 aliphatic rings. The minimum Gasteiger partial charge on any atom is -0.493 e. The first-order valence-corrected chi connectivity index (χ1v) is 11.8. The van der Waals surface area contributed by atoms with Gasteiger partial charge in [-0.1, -0.05) is 19.9 Å². The van der Waals surface area contributed by atoms with Gasteiger partial charge in [0.25, 0.3) is 0 Å². The smallest absolute Gasteiger partial charge is 0.339 e. The van der Waals surface area contributed by atoms with Gasteiger partial charge in [0.2, 0.25) is 0 Å². The highest BCUT2D eigenvalue weighted by Gasteiger charge is 2.29. The molecule has 5 nitrogen and oxygen atoms in total. The Bertz CT molecular complexity index is 885. The van der Waals surface area contributed by atoms with Crippen LogP contribution < -0.4 is 10.4 Å². The van der Waals surface area contributed by atoms with Crippen molar-refractivity contribution < 1.29 is 18.7 Å². The van der Waals surface area contributed by atoms with E-state index in [2.05, 4.69) is 13.8 Å². The molecule has 0 amide bonds. The van der Waals surface area contributed by atoms with Gasteiger partial charge in [0.15, 0.2) is 0 Å². The van der Waals surface area contributed by atoms with Crippen molar-refractivity contribution in [2.24, 2.45) is 11.3 Å². The molecule has 0 radical (unpaired) electrons. The number of ether oxygens (including phenoxy) is 2. The third-order valence-corrected chi connectivity index (χ3v) is 5.84. The van der Waals surface area contributed by atoms with Crippen molar-refractivity contribution in [1.82, 2.24) is 0 Å². The summed E-state index contributed by atoms with van der Waals surface area (Å²) >= 11 is 1.82. The molecule has 0 bridgehead atoms. The largest absolute Gasteiger partial charge is 0.493 e. The zero-order valence-corrected chi connectivity index (χ0v) is 19.6. The zero-order chi connectivity index (χ0) is 22.1. The third-order valence-electron chi connectivity index (χ3n) is 4.69. The van der Waals surface area contributed by atoms with Crippen LogP contribution in [0.2, 0.25) is 0 Å². The number of aryl methyl sites for hydroxylation is 1. The van der Waals surface area contributed by atoms with Crippen LogP contribution in [0.5, 0.6) is 5.75 Å². The molecule has 166 valence electrons. The Balaban J connectivity index is 1.63. The minimum absolute atomic E-state index is 0.107. The first kappa shape index (κ1) is 24.3. The van der Waals surface area contributed by atoms with E-state index >= 15 is 0 Å². The van der Waals surface area contributed by atoms with Crippen LogP contribution in [0.4, 0.5) is 0 Å². The molecule has 30 heavy (non-hydrogen) atoms. The van der Waals surface area contributed by atoms with Gasteiger partial charge in [0, 0.05) is 0 Å². The Morgan fingerprint density at radius 2 is 1.83 bits per heavy atom. The van der Waals surface area contributed by atoms with Crippen LogP contribution in [0.15, 0.2) is 33.5 Å². The van der Waals surface area contributed by atoms with Crippen molar-refractivity contribution in [3.8, 4) is 5.75 Å². The molecule has 1 aromatic carbocycles. The molecule has 6 heteroatoms. The highest BCUT2D eigenvalue weighted by Crippen LogP contribution is 2.27. The second-order valence-corrected chi connectivity index (χ2v) is 9.94. The van der Waals surface area contributed by atoms with Gasteiger partial charge in [0.05, 0.1) is 30.1 Å². The average molecular weight is 435 g/mol. The molecule has 0 aliphatic heterocycles. The molecular weight excluding hydrogens is 400 g/mol. The average Bonchev–Trinajstić information content (AvgIpc) is 2.64. The number of carbonyl (C=O) groups is 1. The zero-order valence-electron chi connectivity index (χ0n) is 18.8. The van der Waals surface area contributed by atoms with E-state index in [1.165, 1.54) is 6.07 Å². The Kier molecular flexibility index (Phi) is 9.28. The number of thioether (sulfide) groups is 1. The number of hydrogen-bond acceptors (Lipinski definition) is 6. The van der Waals surface area contributed by atoms with Crippen molar-refractivity contribution in [1.29, 1.82) is 0 Å². The van der Waals surface area contributed by atoms with Gasteiger partial charge in [-0.2, -0.15) is 11.8 Å². The van der Waals surface area contributed by atoms with E-state index in [0.717, 1.165) is 41.7 Å². The van der Waals surface area contributed by atoms with E-state index in [4.69, 9.17) is 13.9 Å². The van der Waals surface area contributed by atoms with E-state index in [0.29, 0.717) is 30.5 Å². The predicted octanol–water partition coefficient (Wildman–Crippen LogP) is 5.61. The first-order valence-electron chi connectivity index (χ1n) is 10.6. The molecular formula is C24H34O5S. The molecule has 0 fully saturated rings. The van der Waals surface area contributed by atoms with Crippen LogP contribution in [0.1, 0.15) is 52.5 Å². The molecule has 0 N–H and O–H groups in total. The fourth-order valence-electron chi connectivity index (χ4n) is 3.43. The summed E-state index contributed by atoms with van der Waals surface area (Å²) in [5.41, 5.74) is 0.769. The molecule has 0 spiro atoms. The van der Waals surface area contributed by atoms with Gasteiger partial charge in [-0.3, -0.25) is 4.79 Å². The standard InChI is InChI=1S/C24H34O5S/c1-17(2)16-24(4,5)23(26)28-11-7-13-30-12-6-10-27-20-15-22(25)29-21-14-18(3)8-9-19(20)21/h8-9,14-15,17H,6-7,10-13,16H2,1-5H3. The summed E-state index contributed by atoms with van der Waals surface area (Å²) in [6, 6.07) is 7.14. The van der Waals surface area contributed by atoms with Gasteiger partial charge < -0.3 is 13.9 Å². The number of esters is 1. The van der Waals surface area contributed by atoms with Crippen LogP contribution >= 0.6 is 11.8 Å². The summed E-state index contributed by atoms with van der Waals surface area (Å²) in [6.45, 7) is 11.1. The second kappa shape index (κ2) is 11.4. The normalized spacial score (nSPS) is 11.8. The molecule has 0 unspecified atom stereocenters. The van der Waals surface area contributed by atoms with Gasteiger partial charge in [-0.15, -0.1) is 0 Å².